The van der Waals surface area contributed by atoms with Crippen molar-refractivity contribution in [1.29, 1.82) is 0 Å². The second-order valence-electron chi connectivity index (χ2n) is 5.80. The minimum absolute atomic E-state index is 0.528. The molecule has 0 saturated heterocycles. The van der Waals surface area contributed by atoms with Crippen LogP contribution in [-0.4, -0.2) is 31.5 Å². The van der Waals surface area contributed by atoms with Crippen LogP contribution in [0, 0.1) is 13.8 Å². The van der Waals surface area contributed by atoms with Crippen LogP contribution in [0.15, 0.2) is 16.7 Å². The van der Waals surface area contributed by atoms with E-state index in [2.05, 4.69) is 25.8 Å². The molecule has 0 aromatic carbocycles. The molecule has 0 spiro atoms. The summed E-state index contributed by atoms with van der Waals surface area (Å²) in [6.45, 7) is 4.69. The standard InChI is InChI=1S/C15H18N6O/c1-9-12(10(2)22-20-9)7-8-16-13-5-6-14-17-18-15(11-3-4-11)21(14)19-13/h5-6,11H,3-4,7-8H2,1-2H3,(H,16,19). The predicted octanol–water partition coefficient (Wildman–Crippen LogP) is 2.26. The first-order valence-corrected chi connectivity index (χ1v) is 7.60. The molecule has 0 atom stereocenters. The van der Waals surface area contributed by atoms with E-state index < -0.39 is 0 Å². The van der Waals surface area contributed by atoms with Crippen molar-refractivity contribution in [3.8, 4) is 0 Å². The first kappa shape index (κ1) is 13.2. The summed E-state index contributed by atoms with van der Waals surface area (Å²) in [5.74, 6) is 3.22. The Balaban J connectivity index is 1.48. The number of aromatic nitrogens is 5. The summed E-state index contributed by atoms with van der Waals surface area (Å²) < 4.78 is 7.04. The van der Waals surface area contributed by atoms with Crippen LogP contribution >= 0.6 is 0 Å². The third-order valence-electron chi connectivity index (χ3n) is 4.09. The van der Waals surface area contributed by atoms with Crippen LogP contribution in [0.4, 0.5) is 5.82 Å². The molecule has 1 N–H and O–H groups in total. The van der Waals surface area contributed by atoms with E-state index in [0.717, 1.165) is 47.3 Å². The highest BCUT2D eigenvalue weighted by atomic mass is 16.5. The van der Waals surface area contributed by atoms with E-state index in [1.165, 1.54) is 12.8 Å². The second-order valence-corrected chi connectivity index (χ2v) is 5.80. The maximum atomic E-state index is 5.18. The van der Waals surface area contributed by atoms with Crippen molar-refractivity contribution in [2.45, 2.75) is 39.0 Å². The Labute approximate surface area is 127 Å². The molecule has 7 nitrogen and oxygen atoms in total. The summed E-state index contributed by atoms with van der Waals surface area (Å²) in [5.41, 5.74) is 2.92. The fourth-order valence-electron chi connectivity index (χ4n) is 2.67. The summed E-state index contributed by atoms with van der Waals surface area (Å²) in [6, 6.07) is 3.89. The molecule has 3 heterocycles. The molecule has 1 fully saturated rings. The maximum Gasteiger partial charge on any atom is 0.178 e. The number of anilines is 1. The molecule has 114 valence electrons. The first-order chi connectivity index (χ1) is 10.7. The summed E-state index contributed by atoms with van der Waals surface area (Å²) in [4.78, 5) is 0. The number of nitrogens with one attached hydrogen (secondary N) is 1. The van der Waals surface area contributed by atoms with E-state index in [9.17, 15) is 0 Å². The van der Waals surface area contributed by atoms with Crippen molar-refractivity contribution in [3.63, 3.8) is 0 Å². The normalized spacial score (nSPS) is 14.6. The first-order valence-electron chi connectivity index (χ1n) is 7.60. The van der Waals surface area contributed by atoms with Crippen molar-refractivity contribution in [2.24, 2.45) is 0 Å². The van der Waals surface area contributed by atoms with Crippen molar-refractivity contribution in [1.82, 2.24) is 25.0 Å². The topological polar surface area (TPSA) is 81.1 Å². The lowest BCUT2D eigenvalue weighted by molar-refractivity contribution is 0.392. The average molecular weight is 298 g/mol. The van der Waals surface area contributed by atoms with E-state index in [1.54, 1.807) is 0 Å². The predicted molar refractivity (Wildman–Crippen MR) is 80.9 cm³/mol. The highest BCUT2D eigenvalue weighted by molar-refractivity contribution is 5.44. The van der Waals surface area contributed by atoms with Gasteiger partial charge in [0.05, 0.1) is 5.69 Å². The van der Waals surface area contributed by atoms with Gasteiger partial charge in [-0.05, 0) is 45.2 Å². The van der Waals surface area contributed by atoms with Crippen LogP contribution in [0.5, 0.6) is 0 Å². The molecule has 3 aromatic heterocycles. The SMILES string of the molecule is Cc1noc(C)c1CCNc1ccc2nnc(C3CC3)n2n1. The number of fused-ring (bicyclic) bond motifs is 1. The number of aryl methyl sites for hydroxylation is 2. The Morgan fingerprint density at radius 2 is 2.14 bits per heavy atom. The molecule has 0 unspecified atom stereocenters. The number of nitrogens with zero attached hydrogens (tertiary/aromatic N) is 5. The van der Waals surface area contributed by atoms with E-state index in [1.807, 2.05) is 30.5 Å². The van der Waals surface area contributed by atoms with Gasteiger partial charge >= 0.3 is 0 Å². The van der Waals surface area contributed by atoms with Gasteiger partial charge in [0, 0.05) is 18.0 Å². The molecule has 1 aliphatic rings. The van der Waals surface area contributed by atoms with Gasteiger partial charge in [0.25, 0.3) is 0 Å². The molecule has 1 saturated carbocycles. The maximum absolute atomic E-state index is 5.18. The Morgan fingerprint density at radius 3 is 2.86 bits per heavy atom. The molecule has 4 rings (SSSR count). The van der Waals surface area contributed by atoms with Crippen LogP contribution in [0.3, 0.4) is 0 Å². The van der Waals surface area contributed by atoms with Gasteiger partial charge in [-0.15, -0.1) is 15.3 Å². The minimum Gasteiger partial charge on any atom is -0.368 e. The van der Waals surface area contributed by atoms with Crippen LogP contribution in [0.2, 0.25) is 0 Å². The van der Waals surface area contributed by atoms with Crippen LogP contribution in [0.25, 0.3) is 5.65 Å². The van der Waals surface area contributed by atoms with E-state index >= 15 is 0 Å². The average Bonchev–Trinajstić information content (AvgIpc) is 3.20. The Bertz CT molecular complexity index is 797. The van der Waals surface area contributed by atoms with Crippen LogP contribution in [-0.2, 0) is 6.42 Å². The lowest BCUT2D eigenvalue weighted by Gasteiger charge is -2.06. The monoisotopic (exact) mass is 298 g/mol. The number of hydrogen-bond acceptors (Lipinski definition) is 6. The van der Waals surface area contributed by atoms with Crippen molar-refractivity contribution < 1.29 is 4.52 Å². The van der Waals surface area contributed by atoms with Crippen molar-refractivity contribution in [3.05, 3.63) is 35.0 Å². The fourth-order valence-corrected chi connectivity index (χ4v) is 2.67. The van der Waals surface area contributed by atoms with Gasteiger partial charge in [0.15, 0.2) is 11.5 Å². The molecular weight excluding hydrogens is 280 g/mol. The zero-order valence-electron chi connectivity index (χ0n) is 12.7. The van der Waals surface area contributed by atoms with Gasteiger partial charge in [-0.25, -0.2) is 0 Å². The Kier molecular flexibility index (Phi) is 3.06. The van der Waals surface area contributed by atoms with Crippen molar-refractivity contribution in [2.75, 3.05) is 11.9 Å². The lowest BCUT2D eigenvalue weighted by Crippen LogP contribution is -2.09. The highest BCUT2D eigenvalue weighted by Crippen LogP contribution is 2.38. The highest BCUT2D eigenvalue weighted by Gasteiger charge is 2.29. The summed E-state index contributed by atoms with van der Waals surface area (Å²) >= 11 is 0. The third kappa shape index (κ3) is 2.32. The molecular formula is C15H18N6O. The summed E-state index contributed by atoms with van der Waals surface area (Å²) in [6.07, 6.45) is 3.23. The zero-order chi connectivity index (χ0) is 15.1. The Hall–Kier alpha value is -2.44. The Morgan fingerprint density at radius 1 is 1.27 bits per heavy atom. The third-order valence-corrected chi connectivity index (χ3v) is 4.09. The van der Waals surface area contributed by atoms with Gasteiger partial charge in [0.2, 0.25) is 0 Å². The van der Waals surface area contributed by atoms with E-state index in [4.69, 9.17) is 4.52 Å². The molecule has 1 aliphatic carbocycles. The minimum atomic E-state index is 0.528. The summed E-state index contributed by atoms with van der Waals surface area (Å²) in [7, 11) is 0. The lowest BCUT2D eigenvalue weighted by atomic mass is 10.1. The van der Waals surface area contributed by atoms with Gasteiger partial charge in [-0.1, -0.05) is 5.16 Å². The van der Waals surface area contributed by atoms with Crippen LogP contribution < -0.4 is 5.32 Å². The fraction of sp³-hybridized carbons (Fsp3) is 0.467. The van der Waals surface area contributed by atoms with Gasteiger partial charge < -0.3 is 9.84 Å². The zero-order valence-corrected chi connectivity index (χ0v) is 12.7. The second kappa shape index (κ2) is 5.08. The smallest absolute Gasteiger partial charge is 0.178 e. The largest absolute Gasteiger partial charge is 0.368 e. The molecule has 0 bridgehead atoms. The van der Waals surface area contributed by atoms with Gasteiger partial charge in [-0.2, -0.15) is 4.52 Å². The molecule has 0 aliphatic heterocycles. The van der Waals surface area contributed by atoms with Gasteiger partial charge in [0.1, 0.15) is 11.6 Å². The van der Waals surface area contributed by atoms with E-state index in [-0.39, 0.29) is 0 Å². The molecule has 7 heteroatoms. The molecule has 0 amide bonds. The quantitative estimate of drug-likeness (QED) is 0.778. The van der Waals surface area contributed by atoms with Gasteiger partial charge in [-0.3, -0.25) is 0 Å². The van der Waals surface area contributed by atoms with Crippen molar-refractivity contribution >= 4 is 11.5 Å². The molecule has 0 radical (unpaired) electrons. The van der Waals surface area contributed by atoms with E-state index in [0.29, 0.717) is 5.92 Å². The number of rotatable bonds is 5. The molecule has 22 heavy (non-hydrogen) atoms. The molecule has 3 aromatic rings. The summed E-state index contributed by atoms with van der Waals surface area (Å²) in [5, 5.41) is 20.3. The van der Waals surface area contributed by atoms with Crippen LogP contribution in [0.1, 0.15) is 41.6 Å². The number of hydrogen-bond donors (Lipinski definition) is 1.